The lowest BCUT2D eigenvalue weighted by Crippen LogP contribution is -2.40. The van der Waals surface area contributed by atoms with Gasteiger partial charge < -0.3 is 14.5 Å². The van der Waals surface area contributed by atoms with E-state index in [0.717, 1.165) is 43.7 Å². The van der Waals surface area contributed by atoms with Gasteiger partial charge in [0.15, 0.2) is 0 Å². The molecule has 1 unspecified atom stereocenters. The van der Waals surface area contributed by atoms with Crippen LogP contribution in [0.4, 0.5) is 5.69 Å². The minimum atomic E-state index is -3.82. The number of ether oxygens (including phenoxy) is 1. The molecule has 232 valence electrons. The summed E-state index contributed by atoms with van der Waals surface area (Å²) >= 11 is 6.40. The monoisotopic (exact) mass is 638 g/mol. The number of unbranched alkanes of at least 4 members (excludes halogenated alkanes) is 5. The number of anilines is 1. The van der Waals surface area contributed by atoms with Gasteiger partial charge in [0.2, 0.25) is 21.9 Å². The largest absolute Gasteiger partial charge is 0.472 e. The first-order valence-electron chi connectivity index (χ1n) is 14.5. The molecule has 44 heavy (non-hydrogen) atoms. The third kappa shape index (κ3) is 8.56. The van der Waals surface area contributed by atoms with Gasteiger partial charge in [-0.1, -0.05) is 86.5 Å². The van der Waals surface area contributed by atoms with Gasteiger partial charge in [-0.2, -0.15) is 0 Å². The summed E-state index contributed by atoms with van der Waals surface area (Å²) in [7, 11) is -3.82. The number of carbonyl (C=O) groups is 2. The zero-order valence-electron chi connectivity index (χ0n) is 24.6. The summed E-state index contributed by atoms with van der Waals surface area (Å²) in [6, 6.07) is 18.1. The topological polar surface area (TPSA) is 132 Å². The number of sulfonamides is 1. The van der Waals surface area contributed by atoms with Crippen molar-refractivity contribution in [3.63, 3.8) is 0 Å². The van der Waals surface area contributed by atoms with Crippen molar-refractivity contribution in [2.24, 2.45) is 0 Å². The van der Waals surface area contributed by atoms with E-state index in [1.165, 1.54) is 24.6 Å². The van der Waals surface area contributed by atoms with Crippen LogP contribution < -0.4 is 20.4 Å². The van der Waals surface area contributed by atoms with Crippen molar-refractivity contribution in [3.05, 3.63) is 99.4 Å². The summed E-state index contributed by atoms with van der Waals surface area (Å²) in [4.78, 5) is 39.6. The average molecular weight is 639 g/mol. The zero-order valence-corrected chi connectivity index (χ0v) is 26.2. The fraction of sp³-hybridized carbons (Fsp3) is 0.303. The Morgan fingerprint density at radius 3 is 2.36 bits per heavy atom. The van der Waals surface area contributed by atoms with Gasteiger partial charge in [0.1, 0.15) is 11.3 Å². The number of hydrogen-bond donors (Lipinski definition) is 2. The number of Topliss-reactive ketones (excluding diaryl/α,β-unsaturated/α-hetero) is 1. The van der Waals surface area contributed by atoms with Crippen LogP contribution in [0.5, 0.6) is 5.75 Å². The second kappa shape index (κ2) is 15.1. The Kier molecular flexibility index (Phi) is 11.3. The molecule has 4 rings (SSSR count). The molecule has 0 saturated heterocycles. The van der Waals surface area contributed by atoms with Crippen molar-refractivity contribution in [1.82, 2.24) is 4.72 Å². The smallest absolute Gasteiger partial charge is 0.336 e. The van der Waals surface area contributed by atoms with Crippen LogP contribution in [-0.2, 0) is 14.8 Å². The maximum atomic E-state index is 13.8. The molecule has 1 heterocycles. The van der Waals surface area contributed by atoms with Gasteiger partial charge in [-0.05, 0) is 49.7 Å². The first-order chi connectivity index (χ1) is 21.1. The lowest BCUT2D eigenvalue weighted by Gasteiger charge is -2.19. The van der Waals surface area contributed by atoms with Crippen LogP contribution in [0.2, 0.25) is 5.02 Å². The summed E-state index contributed by atoms with van der Waals surface area (Å²) in [6.07, 6.45) is 4.43. The third-order valence-electron chi connectivity index (χ3n) is 7.00. The van der Waals surface area contributed by atoms with Crippen LogP contribution in [0.25, 0.3) is 11.0 Å². The van der Waals surface area contributed by atoms with Gasteiger partial charge in [-0.3, -0.25) is 9.59 Å². The number of hydrogen-bond acceptors (Lipinski definition) is 7. The summed E-state index contributed by atoms with van der Waals surface area (Å²) in [6.45, 7) is 4.32. The minimum absolute atomic E-state index is 0.0480. The highest BCUT2D eigenvalue weighted by Crippen LogP contribution is 2.27. The molecule has 3 aromatic carbocycles. The van der Waals surface area contributed by atoms with E-state index in [1.54, 1.807) is 48.5 Å². The Morgan fingerprint density at radius 1 is 0.932 bits per heavy atom. The molecule has 0 aliphatic heterocycles. The molecule has 2 N–H and O–H groups in total. The van der Waals surface area contributed by atoms with Gasteiger partial charge in [-0.15, -0.1) is 0 Å². The number of ketones is 1. The van der Waals surface area contributed by atoms with Crippen molar-refractivity contribution in [3.8, 4) is 5.75 Å². The number of halogens is 1. The Labute approximate surface area is 261 Å². The summed E-state index contributed by atoms with van der Waals surface area (Å²) in [5.74, 6) is -1.40. The maximum Gasteiger partial charge on any atom is 0.336 e. The molecule has 0 spiro atoms. The molecule has 0 bridgehead atoms. The molecule has 0 aliphatic rings. The lowest BCUT2D eigenvalue weighted by molar-refractivity contribution is -0.120. The van der Waals surface area contributed by atoms with Crippen LogP contribution in [0.15, 0.2) is 86.9 Å². The summed E-state index contributed by atoms with van der Waals surface area (Å²) in [5, 5.41) is 2.87. The van der Waals surface area contributed by atoms with Gasteiger partial charge in [-0.25, -0.2) is 17.9 Å². The highest BCUT2D eigenvalue weighted by atomic mass is 35.5. The Bertz CT molecular complexity index is 1790. The first-order valence-corrected chi connectivity index (χ1v) is 16.4. The standard InChI is InChI=1S/C33H35ClN2O7S/c1-3-4-5-6-7-10-19-35-44(40,41)24-17-18-28(27(34)20-24)36-33(39)32(42-23-15-13-22(2)14-16-23)31(38)26-21-30(37)43-29-12-9-8-11-25(26)29/h8-9,11-18,20-21,32,35H,3-7,10,19H2,1-2H3,(H,36,39). The van der Waals surface area contributed by atoms with Crippen molar-refractivity contribution >= 4 is 50.0 Å². The second-order valence-electron chi connectivity index (χ2n) is 10.4. The van der Waals surface area contributed by atoms with E-state index in [4.69, 9.17) is 20.8 Å². The molecule has 0 fully saturated rings. The predicted molar refractivity (Wildman–Crippen MR) is 171 cm³/mol. The summed E-state index contributed by atoms with van der Waals surface area (Å²) < 4.78 is 39.3. The van der Waals surface area contributed by atoms with Crippen LogP contribution >= 0.6 is 11.6 Å². The number of benzene rings is 3. The molecule has 1 atom stereocenters. The summed E-state index contributed by atoms with van der Waals surface area (Å²) in [5.41, 5.74) is 0.399. The van der Waals surface area contributed by atoms with E-state index in [2.05, 4.69) is 17.0 Å². The van der Waals surface area contributed by atoms with E-state index in [9.17, 15) is 22.8 Å². The van der Waals surface area contributed by atoms with E-state index in [-0.39, 0.29) is 32.5 Å². The van der Waals surface area contributed by atoms with Crippen LogP contribution in [0, 0.1) is 6.92 Å². The number of para-hydroxylation sites is 1. The minimum Gasteiger partial charge on any atom is -0.472 e. The number of carbonyl (C=O) groups excluding carboxylic acids is 2. The molecule has 4 aromatic rings. The zero-order chi connectivity index (χ0) is 31.7. The van der Waals surface area contributed by atoms with Gasteiger partial charge in [0.05, 0.1) is 15.6 Å². The highest BCUT2D eigenvalue weighted by Gasteiger charge is 2.32. The van der Waals surface area contributed by atoms with Crippen molar-refractivity contribution in [2.75, 3.05) is 11.9 Å². The van der Waals surface area contributed by atoms with Crippen LogP contribution in [-0.4, -0.2) is 32.8 Å². The fourth-order valence-corrected chi connectivity index (χ4v) is 5.99. The third-order valence-corrected chi connectivity index (χ3v) is 8.77. The Hall–Kier alpha value is -3.99. The molecule has 11 heteroatoms. The van der Waals surface area contributed by atoms with E-state index in [0.29, 0.717) is 11.9 Å². The normalized spacial score (nSPS) is 12.2. The first kappa shape index (κ1) is 32.9. The molecular weight excluding hydrogens is 604 g/mol. The molecule has 1 aromatic heterocycles. The maximum absolute atomic E-state index is 13.8. The highest BCUT2D eigenvalue weighted by molar-refractivity contribution is 7.89. The fourth-order valence-electron chi connectivity index (χ4n) is 4.59. The van der Waals surface area contributed by atoms with Gasteiger partial charge >= 0.3 is 5.63 Å². The quantitative estimate of drug-likeness (QED) is 0.0644. The molecule has 0 radical (unpaired) electrons. The Morgan fingerprint density at radius 2 is 1.64 bits per heavy atom. The number of fused-ring (bicyclic) bond motifs is 1. The number of aryl methyl sites for hydroxylation is 1. The molecule has 1 amide bonds. The lowest BCUT2D eigenvalue weighted by atomic mass is 10.0. The number of rotatable bonds is 15. The van der Waals surface area contributed by atoms with Crippen LogP contribution in [0.1, 0.15) is 61.4 Å². The average Bonchev–Trinajstić information content (AvgIpc) is 3.00. The van der Waals surface area contributed by atoms with Crippen LogP contribution in [0.3, 0.4) is 0 Å². The molecule has 0 aliphatic carbocycles. The van der Waals surface area contributed by atoms with Crippen molar-refractivity contribution < 1.29 is 27.2 Å². The number of nitrogens with one attached hydrogen (secondary N) is 2. The van der Waals surface area contributed by atoms with E-state index >= 15 is 0 Å². The van der Waals surface area contributed by atoms with Gasteiger partial charge in [0, 0.05) is 23.6 Å². The molecule has 9 nitrogen and oxygen atoms in total. The Balaban J connectivity index is 1.54. The van der Waals surface area contributed by atoms with Crippen molar-refractivity contribution in [1.29, 1.82) is 0 Å². The van der Waals surface area contributed by atoms with E-state index in [1.807, 2.05) is 6.92 Å². The van der Waals surface area contributed by atoms with Crippen molar-refractivity contribution in [2.45, 2.75) is 63.4 Å². The predicted octanol–water partition coefficient (Wildman–Crippen LogP) is 6.66. The molecular formula is C33H35ClN2O7S. The number of amides is 1. The second-order valence-corrected chi connectivity index (χ2v) is 12.6. The SMILES string of the molecule is CCCCCCCCNS(=O)(=O)c1ccc(NC(=O)C(Oc2ccc(C)cc2)C(=O)c2cc(=O)oc3ccccc23)c(Cl)c1. The van der Waals surface area contributed by atoms with E-state index < -0.39 is 33.4 Å². The van der Waals surface area contributed by atoms with Gasteiger partial charge in [0.25, 0.3) is 5.91 Å². The molecule has 0 saturated carbocycles.